The van der Waals surface area contributed by atoms with Crippen molar-refractivity contribution in [3.63, 3.8) is 0 Å². The fourth-order valence-electron chi connectivity index (χ4n) is 3.14. The van der Waals surface area contributed by atoms with E-state index < -0.39 is 5.82 Å². The van der Waals surface area contributed by atoms with Crippen LogP contribution in [0.3, 0.4) is 0 Å². The quantitative estimate of drug-likeness (QED) is 0.871. The molecule has 0 saturated heterocycles. The third-order valence-corrected chi connectivity index (χ3v) is 4.51. The van der Waals surface area contributed by atoms with Crippen molar-refractivity contribution in [3.05, 3.63) is 39.8 Å². The average molecular weight is 347 g/mol. The van der Waals surface area contributed by atoms with Crippen LogP contribution in [0.2, 0.25) is 5.02 Å². The maximum Gasteiger partial charge on any atom is 0.173 e. The van der Waals surface area contributed by atoms with E-state index in [0.29, 0.717) is 24.0 Å². The summed E-state index contributed by atoms with van der Waals surface area (Å²) in [7, 11) is 1.34. The number of fused-ring (bicyclic) bond motifs is 1. The summed E-state index contributed by atoms with van der Waals surface area (Å²) in [5.74, 6) is -0.506. The summed E-state index contributed by atoms with van der Waals surface area (Å²) >= 11 is 6.11. The van der Waals surface area contributed by atoms with Gasteiger partial charge in [0.15, 0.2) is 11.6 Å². The first-order chi connectivity index (χ1) is 11.5. The van der Waals surface area contributed by atoms with Crippen molar-refractivity contribution in [1.82, 2.24) is 4.98 Å². The number of rotatable bonds is 2. The lowest BCUT2D eigenvalue weighted by atomic mass is 9.84. The summed E-state index contributed by atoms with van der Waals surface area (Å²) in [5, 5.41) is 9.64. The summed E-state index contributed by atoms with van der Waals surface area (Å²) in [4.78, 5) is 4.33. The maximum atomic E-state index is 14.3. The van der Waals surface area contributed by atoms with Gasteiger partial charge < -0.3 is 16.2 Å². The Labute approximate surface area is 144 Å². The molecule has 1 atom stereocenters. The molecule has 0 fully saturated rings. The Morgan fingerprint density at radius 3 is 2.83 bits per heavy atom. The predicted octanol–water partition coefficient (Wildman–Crippen LogP) is 2.82. The van der Waals surface area contributed by atoms with Gasteiger partial charge in [0.2, 0.25) is 0 Å². The van der Waals surface area contributed by atoms with E-state index in [4.69, 9.17) is 27.8 Å². The van der Waals surface area contributed by atoms with Gasteiger partial charge >= 0.3 is 0 Å². The van der Waals surface area contributed by atoms with Gasteiger partial charge in [0, 0.05) is 17.3 Å². The van der Waals surface area contributed by atoms with E-state index in [-0.39, 0.29) is 28.2 Å². The molecule has 1 aromatic carbocycles. The molecule has 0 amide bonds. The number of halogens is 2. The van der Waals surface area contributed by atoms with Crippen LogP contribution in [0.5, 0.6) is 5.75 Å². The van der Waals surface area contributed by atoms with Crippen LogP contribution >= 0.6 is 11.6 Å². The van der Waals surface area contributed by atoms with Crippen LogP contribution < -0.4 is 16.2 Å². The van der Waals surface area contributed by atoms with Crippen LogP contribution in [0.15, 0.2) is 12.1 Å². The number of ether oxygens (including phenoxy) is 1. The number of pyridine rings is 1. The molecule has 4 N–H and O–H groups in total. The molecule has 124 valence electrons. The molecule has 0 aliphatic heterocycles. The molecule has 0 unspecified atom stereocenters. The largest absolute Gasteiger partial charge is 0.492 e. The number of hydrogen-bond donors (Lipinski definition) is 2. The zero-order valence-electron chi connectivity index (χ0n) is 13.1. The molecular formula is C17H16ClFN4O. The van der Waals surface area contributed by atoms with E-state index in [1.807, 2.05) is 0 Å². The van der Waals surface area contributed by atoms with E-state index in [2.05, 4.69) is 11.1 Å². The number of aromatic nitrogens is 1. The molecule has 3 rings (SSSR count). The van der Waals surface area contributed by atoms with E-state index in [0.717, 1.165) is 17.7 Å². The summed E-state index contributed by atoms with van der Waals surface area (Å²) in [6.07, 6.45) is 2.02. The molecule has 0 bridgehead atoms. The van der Waals surface area contributed by atoms with E-state index in [9.17, 15) is 9.65 Å². The summed E-state index contributed by atoms with van der Waals surface area (Å²) in [5.41, 5.74) is 14.9. The third-order valence-electron chi connectivity index (χ3n) is 4.23. The van der Waals surface area contributed by atoms with Gasteiger partial charge in [-0.15, -0.1) is 0 Å². The topological polar surface area (TPSA) is 97.9 Å². The van der Waals surface area contributed by atoms with Crippen LogP contribution in [-0.2, 0) is 12.8 Å². The Bertz CT molecular complexity index is 840. The predicted molar refractivity (Wildman–Crippen MR) is 90.3 cm³/mol. The van der Waals surface area contributed by atoms with Crippen molar-refractivity contribution >= 4 is 17.4 Å². The lowest BCUT2D eigenvalue weighted by Crippen LogP contribution is -2.29. The summed E-state index contributed by atoms with van der Waals surface area (Å²) < 4.78 is 19.2. The van der Waals surface area contributed by atoms with Crippen molar-refractivity contribution in [2.24, 2.45) is 5.73 Å². The molecular weight excluding hydrogens is 331 g/mol. The number of aryl methyl sites for hydroxylation is 1. The Balaban J connectivity index is 2.31. The van der Waals surface area contributed by atoms with Gasteiger partial charge in [0.1, 0.15) is 17.5 Å². The number of anilines is 1. The van der Waals surface area contributed by atoms with Gasteiger partial charge in [-0.2, -0.15) is 5.26 Å². The second-order valence-electron chi connectivity index (χ2n) is 5.76. The fraction of sp³-hybridized carbons (Fsp3) is 0.294. The highest BCUT2D eigenvalue weighted by atomic mass is 35.5. The minimum atomic E-state index is -0.604. The zero-order valence-corrected chi connectivity index (χ0v) is 13.8. The molecule has 1 aliphatic rings. The van der Waals surface area contributed by atoms with Crippen LogP contribution in [0.4, 0.5) is 10.2 Å². The normalized spacial score (nSPS) is 16.4. The first kappa shape index (κ1) is 16.5. The Hall–Kier alpha value is -2.36. The van der Waals surface area contributed by atoms with Gasteiger partial charge in [0.25, 0.3) is 0 Å². The Morgan fingerprint density at radius 1 is 1.46 bits per heavy atom. The fourth-order valence-corrected chi connectivity index (χ4v) is 3.42. The molecule has 0 saturated carbocycles. The van der Waals surface area contributed by atoms with Crippen molar-refractivity contribution in [2.45, 2.75) is 25.3 Å². The lowest BCUT2D eigenvalue weighted by molar-refractivity contribution is 0.387. The second-order valence-corrected chi connectivity index (χ2v) is 6.17. The number of nitrogens with zero attached hydrogens (tertiary/aromatic N) is 2. The molecule has 5 nitrogen and oxygen atoms in total. The number of benzene rings is 1. The van der Waals surface area contributed by atoms with Crippen molar-refractivity contribution < 1.29 is 9.13 Å². The SMILES string of the molecule is COc1c(F)cc(-c2c(C#N)c(N)nc3c2C[C@H](N)CC3)cc1Cl. The summed E-state index contributed by atoms with van der Waals surface area (Å²) in [6, 6.07) is 4.90. The Morgan fingerprint density at radius 2 is 2.21 bits per heavy atom. The van der Waals surface area contributed by atoms with Crippen molar-refractivity contribution in [2.75, 3.05) is 12.8 Å². The van der Waals surface area contributed by atoms with Crippen LogP contribution in [0, 0.1) is 17.1 Å². The van der Waals surface area contributed by atoms with E-state index >= 15 is 0 Å². The standard InChI is InChI=1S/C17H16ClFN4O/c1-24-16-12(18)4-8(5-13(16)19)15-10-6-9(21)2-3-14(10)23-17(22)11(15)7-20/h4-5,9H,2-3,6,21H2,1H3,(H2,22,23)/t9-/m1/s1. The highest BCUT2D eigenvalue weighted by molar-refractivity contribution is 6.32. The smallest absolute Gasteiger partial charge is 0.173 e. The highest BCUT2D eigenvalue weighted by Gasteiger charge is 2.26. The van der Waals surface area contributed by atoms with Gasteiger partial charge in [-0.25, -0.2) is 9.37 Å². The van der Waals surface area contributed by atoms with Crippen molar-refractivity contribution in [1.29, 1.82) is 5.26 Å². The second kappa shape index (κ2) is 6.27. The number of nitrogen functional groups attached to an aromatic ring is 1. The molecule has 0 spiro atoms. The third kappa shape index (κ3) is 2.66. The first-order valence-corrected chi connectivity index (χ1v) is 7.84. The maximum absolute atomic E-state index is 14.3. The van der Waals surface area contributed by atoms with Gasteiger partial charge in [-0.3, -0.25) is 0 Å². The molecule has 1 heterocycles. The average Bonchev–Trinajstić information content (AvgIpc) is 2.53. The monoisotopic (exact) mass is 346 g/mol. The molecule has 1 aliphatic carbocycles. The summed E-state index contributed by atoms with van der Waals surface area (Å²) in [6.45, 7) is 0. The van der Waals surface area contributed by atoms with Crippen LogP contribution in [0.1, 0.15) is 23.2 Å². The van der Waals surface area contributed by atoms with Gasteiger partial charge in [-0.05, 0) is 42.5 Å². The molecule has 0 radical (unpaired) electrons. The van der Waals surface area contributed by atoms with Gasteiger partial charge in [-0.1, -0.05) is 11.6 Å². The molecule has 7 heteroatoms. The number of nitriles is 1. The van der Waals surface area contributed by atoms with Crippen molar-refractivity contribution in [3.8, 4) is 22.9 Å². The zero-order chi connectivity index (χ0) is 17.4. The molecule has 1 aromatic heterocycles. The Kier molecular flexibility index (Phi) is 4.31. The molecule has 2 aromatic rings. The van der Waals surface area contributed by atoms with Crippen LogP contribution in [0.25, 0.3) is 11.1 Å². The highest BCUT2D eigenvalue weighted by Crippen LogP contribution is 2.39. The lowest BCUT2D eigenvalue weighted by Gasteiger charge is -2.25. The van der Waals surface area contributed by atoms with E-state index in [1.54, 1.807) is 6.07 Å². The number of hydrogen-bond acceptors (Lipinski definition) is 5. The number of nitrogens with two attached hydrogens (primary N) is 2. The first-order valence-electron chi connectivity index (χ1n) is 7.46. The van der Waals surface area contributed by atoms with Gasteiger partial charge in [0.05, 0.1) is 12.1 Å². The number of methoxy groups -OCH3 is 1. The van der Waals surface area contributed by atoms with Crippen LogP contribution in [-0.4, -0.2) is 18.1 Å². The minimum absolute atomic E-state index is 0.0354. The van der Waals surface area contributed by atoms with E-state index in [1.165, 1.54) is 13.2 Å². The molecule has 24 heavy (non-hydrogen) atoms. The minimum Gasteiger partial charge on any atom is -0.492 e.